The molecule has 0 heterocycles. The quantitative estimate of drug-likeness (QED) is 0.306. The normalized spacial score (nSPS) is 8.61. The summed E-state index contributed by atoms with van der Waals surface area (Å²) in [5, 5.41) is 0. The zero-order valence-corrected chi connectivity index (χ0v) is 23.1. The van der Waals surface area contributed by atoms with Crippen molar-refractivity contribution in [2.45, 2.75) is 61.2 Å². The van der Waals surface area contributed by atoms with Crippen LogP contribution in [0.3, 0.4) is 0 Å². The fourth-order valence-electron chi connectivity index (χ4n) is 2.42. The van der Waals surface area contributed by atoms with E-state index >= 15 is 0 Å². The van der Waals surface area contributed by atoms with Crippen LogP contribution >= 0.6 is 0 Å². The van der Waals surface area contributed by atoms with Gasteiger partial charge in [-0.1, -0.05) is 108 Å². The maximum Gasteiger partial charge on any atom is 0.123 e. The summed E-state index contributed by atoms with van der Waals surface area (Å²) in [6.45, 7) is 17.0. The molecule has 0 amide bonds. The molecular weight excluding hydrogens is 457 g/mol. The summed E-state index contributed by atoms with van der Waals surface area (Å²) in [4.78, 5) is 0. The predicted molar refractivity (Wildman–Crippen MR) is 131 cm³/mol. The molecular formula is C28H39O2Y-. The van der Waals surface area contributed by atoms with E-state index in [1.807, 2.05) is 96.1 Å². The molecule has 0 saturated heterocycles. The standard InChI is InChI=1S/C22H21O2.3C2H6.Y/c1-2-18-13-21(23-16-19-9-5-3-6-10-19)15-22(14-18)24-17-20-11-7-4-8-12-20;3*1-2;/h3-15H,1-2,16-17H2;3*1-2H3;/q-1;;;;. The van der Waals surface area contributed by atoms with Gasteiger partial charge in [-0.15, -0.1) is 0 Å². The second-order valence-corrected chi connectivity index (χ2v) is 5.61. The Morgan fingerprint density at radius 1 is 0.548 bits per heavy atom. The van der Waals surface area contributed by atoms with Gasteiger partial charge in [-0.2, -0.15) is 6.42 Å². The van der Waals surface area contributed by atoms with E-state index in [0.29, 0.717) is 19.6 Å². The van der Waals surface area contributed by atoms with E-state index in [2.05, 4.69) is 31.2 Å². The SMILES string of the molecule is CC.CC.CC.[CH2-]Cc1cc(OCc2ccccc2)cc(OCc2ccccc2)c1.[Y]. The summed E-state index contributed by atoms with van der Waals surface area (Å²) in [5.74, 6) is 1.62. The zero-order valence-electron chi connectivity index (χ0n) is 20.2. The van der Waals surface area contributed by atoms with E-state index in [1.54, 1.807) is 0 Å². The first-order valence-corrected chi connectivity index (χ1v) is 11.1. The van der Waals surface area contributed by atoms with Crippen molar-refractivity contribution in [2.75, 3.05) is 0 Å². The molecule has 167 valence electrons. The van der Waals surface area contributed by atoms with Crippen LogP contribution in [0.4, 0.5) is 0 Å². The van der Waals surface area contributed by atoms with Gasteiger partial charge in [-0.3, -0.25) is 0 Å². The second kappa shape index (κ2) is 21.6. The fraction of sp³-hybridized carbons (Fsp3) is 0.321. The molecule has 3 heteroatoms. The van der Waals surface area contributed by atoms with Crippen molar-refractivity contribution in [3.8, 4) is 11.5 Å². The van der Waals surface area contributed by atoms with Gasteiger partial charge in [0.15, 0.2) is 0 Å². The molecule has 1 radical (unpaired) electrons. The molecule has 0 atom stereocenters. The number of ether oxygens (including phenoxy) is 2. The van der Waals surface area contributed by atoms with Gasteiger partial charge in [0.25, 0.3) is 0 Å². The van der Waals surface area contributed by atoms with E-state index in [1.165, 1.54) is 0 Å². The molecule has 0 bridgehead atoms. The van der Waals surface area contributed by atoms with Crippen molar-refractivity contribution in [1.29, 1.82) is 0 Å². The minimum absolute atomic E-state index is 0. The van der Waals surface area contributed by atoms with Crippen LogP contribution in [-0.2, 0) is 52.3 Å². The van der Waals surface area contributed by atoms with Crippen LogP contribution in [0, 0.1) is 6.92 Å². The Labute approximate surface area is 216 Å². The molecule has 0 N–H and O–H groups in total. The Bertz CT molecular complexity index is 697. The Kier molecular flexibility index (Phi) is 22.0. The molecule has 0 aromatic heterocycles. The third-order valence-corrected chi connectivity index (χ3v) is 3.73. The van der Waals surface area contributed by atoms with Crippen LogP contribution in [0.25, 0.3) is 0 Å². The van der Waals surface area contributed by atoms with Gasteiger partial charge in [0.2, 0.25) is 0 Å². The topological polar surface area (TPSA) is 18.5 Å². The smallest absolute Gasteiger partial charge is 0.123 e. The van der Waals surface area contributed by atoms with Crippen molar-refractivity contribution in [3.05, 3.63) is 102 Å². The Hall–Kier alpha value is -1.64. The van der Waals surface area contributed by atoms with Crippen molar-refractivity contribution >= 4 is 0 Å². The Morgan fingerprint density at radius 2 is 0.903 bits per heavy atom. The van der Waals surface area contributed by atoms with Crippen molar-refractivity contribution in [2.24, 2.45) is 0 Å². The molecule has 3 aromatic carbocycles. The minimum atomic E-state index is 0. The largest absolute Gasteiger partial charge is 0.489 e. The molecule has 0 aliphatic carbocycles. The third-order valence-electron chi connectivity index (χ3n) is 3.73. The summed E-state index contributed by atoms with van der Waals surface area (Å²) < 4.78 is 11.8. The van der Waals surface area contributed by atoms with Crippen LogP contribution in [0.5, 0.6) is 11.5 Å². The average molecular weight is 497 g/mol. The van der Waals surface area contributed by atoms with Crippen molar-refractivity contribution < 1.29 is 42.2 Å². The fourth-order valence-corrected chi connectivity index (χ4v) is 2.42. The Morgan fingerprint density at radius 3 is 1.23 bits per heavy atom. The number of rotatable bonds is 7. The summed E-state index contributed by atoms with van der Waals surface area (Å²) in [5.41, 5.74) is 3.39. The van der Waals surface area contributed by atoms with Gasteiger partial charge in [-0.05, 0) is 23.3 Å². The van der Waals surface area contributed by atoms with Gasteiger partial charge in [0.05, 0.1) is 0 Å². The molecule has 0 fully saturated rings. The van der Waals surface area contributed by atoms with Gasteiger partial charge < -0.3 is 16.4 Å². The monoisotopic (exact) mass is 496 g/mol. The number of benzene rings is 3. The first-order valence-electron chi connectivity index (χ1n) is 11.1. The average Bonchev–Trinajstić information content (AvgIpc) is 2.86. The summed E-state index contributed by atoms with van der Waals surface area (Å²) in [7, 11) is 0. The van der Waals surface area contributed by atoms with E-state index in [4.69, 9.17) is 9.47 Å². The van der Waals surface area contributed by atoms with Crippen LogP contribution < -0.4 is 9.47 Å². The molecule has 0 unspecified atom stereocenters. The van der Waals surface area contributed by atoms with E-state index in [-0.39, 0.29) is 32.7 Å². The molecule has 2 nitrogen and oxygen atoms in total. The van der Waals surface area contributed by atoms with Crippen LogP contribution in [0.2, 0.25) is 0 Å². The molecule has 3 aromatic rings. The van der Waals surface area contributed by atoms with E-state index in [9.17, 15) is 0 Å². The van der Waals surface area contributed by atoms with E-state index < -0.39 is 0 Å². The van der Waals surface area contributed by atoms with Crippen molar-refractivity contribution in [1.82, 2.24) is 0 Å². The first-order chi connectivity index (χ1) is 14.8. The minimum Gasteiger partial charge on any atom is -0.489 e. The van der Waals surface area contributed by atoms with Gasteiger partial charge in [0.1, 0.15) is 24.7 Å². The Balaban J connectivity index is 0. The number of hydrogen-bond donors (Lipinski definition) is 0. The molecule has 3 rings (SSSR count). The van der Waals surface area contributed by atoms with Crippen LogP contribution in [-0.4, -0.2) is 0 Å². The van der Waals surface area contributed by atoms with Crippen LogP contribution in [0.1, 0.15) is 58.2 Å². The van der Waals surface area contributed by atoms with Gasteiger partial charge in [0, 0.05) is 38.8 Å². The van der Waals surface area contributed by atoms with Crippen LogP contribution in [0.15, 0.2) is 78.9 Å². The summed E-state index contributed by atoms with van der Waals surface area (Å²) >= 11 is 0. The summed E-state index contributed by atoms with van der Waals surface area (Å²) in [6, 6.07) is 26.2. The predicted octanol–water partition coefficient (Wildman–Crippen LogP) is 8.30. The first kappa shape index (κ1) is 31.5. The maximum atomic E-state index is 5.92. The molecule has 0 aliphatic rings. The number of hydrogen-bond acceptors (Lipinski definition) is 2. The zero-order chi connectivity index (χ0) is 22.6. The molecule has 0 spiro atoms. The van der Waals surface area contributed by atoms with Crippen molar-refractivity contribution in [3.63, 3.8) is 0 Å². The van der Waals surface area contributed by atoms with Gasteiger partial charge >= 0.3 is 0 Å². The third kappa shape index (κ3) is 13.4. The van der Waals surface area contributed by atoms with E-state index in [0.717, 1.165) is 28.2 Å². The second-order valence-electron chi connectivity index (χ2n) is 5.61. The summed E-state index contributed by atoms with van der Waals surface area (Å²) in [6.07, 6.45) is 0.699. The molecule has 0 aliphatic heterocycles. The molecule has 0 saturated carbocycles. The molecule has 31 heavy (non-hydrogen) atoms. The maximum absolute atomic E-state index is 5.92. The van der Waals surface area contributed by atoms with Gasteiger partial charge in [-0.25, -0.2) is 0 Å².